The lowest BCUT2D eigenvalue weighted by atomic mass is 10.1. The first kappa shape index (κ1) is 17.3. The van der Waals surface area contributed by atoms with Gasteiger partial charge in [0.05, 0.1) is 5.39 Å². The van der Waals surface area contributed by atoms with Crippen LogP contribution in [0.25, 0.3) is 11.0 Å². The zero-order valence-corrected chi connectivity index (χ0v) is 15.3. The average Bonchev–Trinajstić information content (AvgIpc) is 3.23. The molecule has 6 heteroatoms. The highest BCUT2D eigenvalue weighted by atomic mass is 16.2. The van der Waals surface area contributed by atoms with E-state index in [1.807, 2.05) is 35.8 Å². The normalized spacial score (nSPS) is 13.9. The van der Waals surface area contributed by atoms with Crippen LogP contribution in [-0.4, -0.2) is 28.5 Å². The van der Waals surface area contributed by atoms with Crippen molar-refractivity contribution in [2.45, 2.75) is 26.3 Å². The fraction of sp³-hybridized carbons (Fsp3) is 0.286. The Morgan fingerprint density at radius 1 is 1.11 bits per heavy atom. The van der Waals surface area contributed by atoms with Gasteiger partial charge in [-0.2, -0.15) is 0 Å². The number of nitrogens with one attached hydrogen (secondary N) is 1. The molecule has 3 heterocycles. The summed E-state index contributed by atoms with van der Waals surface area (Å²) >= 11 is 0. The maximum absolute atomic E-state index is 12.9. The quantitative estimate of drug-likeness (QED) is 0.773. The number of benzene rings is 1. The van der Waals surface area contributed by atoms with Crippen molar-refractivity contribution in [1.29, 1.82) is 0 Å². The molecule has 1 amide bonds. The SMILES string of the molecule is CCn1cc(C(=O)Nc2ccccc2)c(=O)c2ccc(N3CCCC3)nc21. The summed E-state index contributed by atoms with van der Waals surface area (Å²) in [6, 6.07) is 12.8. The second-order valence-electron chi connectivity index (χ2n) is 6.71. The van der Waals surface area contributed by atoms with Crippen LogP contribution in [0, 0.1) is 0 Å². The number of hydrogen-bond acceptors (Lipinski definition) is 4. The fourth-order valence-corrected chi connectivity index (χ4v) is 3.50. The summed E-state index contributed by atoms with van der Waals surface area (Å²) in [5, 5.41) is 3.26. The van der Waals surface area contributed by atoms with E-state index in [0.717, 1.165) is 18.9 Å². The number of nitrogens with zero attached hydrogens (tertiary/aromatic N) is 3. The molecule has 0 unspecified atom stereocenters. The van der Waals surface area contributed by atoms with Crippen molar-refractivity contribution < 1.29 is 4.79 Å². The first-order valence-electron chi connectivity index (χ1n) is 9.33. The number of fused-ring (bicyclic) bond motifs is 1. The summed E-state index contributed by atoms with van der Waals surface area (Å²) in [5.74, 6) is 0.488. The van der Waals surface area contributed by atoms with Gasteiger partial charge in [0.2, 0.25) is 5.43 Å². The Labute approximate surface area is 157 Å². The molecule has 1 N–H and O–H groups in total. The Morgan fingerprint density at radius 3 is 2.56 bits per heavy atom. The molecule has 1 aromatic carbocycles. The number of carbonyl (C=O) groups excluding carboxylic acids is 1. The third-order valence-corrected chi connectivity index (χ3v) is 4.95. The Balaban J connectivity index is 1.76. The Hall–Kier alpha value is -3.15. The Bertz CT molecular complexity index is 1040. The molecule has 0 spiro atoms. The molecule has 6 nitrogen and oxygen atoms in total. The van der Waals surface area contributed by atoms with Crippen LogP contribution in [0.4, 0.5) is 11.5 Å². The summed E-state index contributed by atoms with van der Waals surface area (Å²) in [4.78, 5) is 32.6. The van der Waals surface area contributed by atoms with Crippen molar-refractivity contribution in [1.82, 2.24) is 9.55 Å². The van der Waals surface area contributed by atoms with E-state index in [9.17, 15) is 9.59 Å². The van der Waals surface area contributed by atoms with Crippen LogP contribution in [0.3, 0.4) is 0 Å². The topological polar surface area (TPSA) is 67.2 Å². The minimum Gasteiger partial charge on any atom is -0.357 e. The van der Waals surface area contributed by atoms with Crippen molar-refractivity contribution in [3.63, 3.8) is 0 Å². The molecule has 1 aliphatic rings. The molecule has 3 aromatic rings. The van der Waals surface area contributed by atoms with E-state index in [1.165, 1.54) is 12.8 Å². The van der Waals surface area contributed by atoms with Crippen LogP contribution in [0.5, 0.6) is 0 Å². The standard InChI is InChI=1S/C21H22N4O2/c1-2-24-14-17(21(27)22-15-8-4-3-5-9-15)19(26)16-10-11-18(23-20(16)24)25-12-6-7-13-25/h3-5,8-11,14H,2,6-7,12-13H2,1H3,(H,22,27). The van der Waals surface area contributed by atoms with E-state index in [1.54, 1.807) is 24.4 Å². The third-order valence-electron chi connectivity index (χ3n) is 4.95. The van der Waals surface area contributed by atoms with E-state index < -0.39 is 5.91 Å². The van der Waals surface area contributed by atoms with Gasteiger partial charge in [-0.1, -0.05) is 18.2 Å². The zero-order chi connectivity index (χ0) is 18.8. The van der Waals surface area contributed by atoms with Crippen molar-refractivity contribution in [3.8, 4) is 0 Å². The molecule has 138 valence electrons. The largest absolute Gasteiger partial charge is 0.357 e. The second-order valence-corrected chi connectivity index (χ2v) is 6.71. The van der Waals surface area contributed by atoms with Gasteiger partial charge in [0.25, 0.3) is 5.91 Å². The summed E-state index contributed by atoms with van der Waals surface area (Å²) < 4.78 is 1.87. The third kappa shape index (κ3) is 3.30. The van der Waals surface area contributed by atoms with Crippen molar-refractivity contribution in [3.05, 3.63) is 64.4 Å². The summed E-state index contributed by atoms with van der Waals surface area (Å²) in [5.41, 5.74) is 1.13. The molecular weight excluding hydrogens is 340 g/mol. The number of amides is 1. The maximum Gasteiger partial charge on any atom is 0.261 e. The molecule has 0 radical (unpaired) electrons. The van der Waals surface area contributed by atoms with Gasteiger partial charge >= 0.3 is 0 Å². The molecule has 0 bridgehead atoms. The summed E-state index contributed by atoms with van der Waals surface area (Å²) in [7, 11) is 0. The van der Waals surface area contributed by atoms with E-state index in [4.69, 9.17) is 4.98 Å². The Kier molecular flexibility index (Phi) is 4.62. The van der Waals surface area contributed by atoms with Crippen LogP contribution in [0.15, 0.2) is 53.5 Å². The first-order valence-corrected chi connectivity index (χ1v) is 9.33. The van der Waals surface area contributed by atoms with E-state index in [-0.39, 0.29) is 11.0 Å². The number of hydrogen-bond donors (Lipinski definition) is 1. The fourth-order valence-electron chi connectivity index (χ4n) is 3.50. The van der Waals surface area contributed by atoms with E-state index in [0.29, 0.717) is 23.3 Å². The summed E-state index contributed by atoms with van der Waals surface area (Å²) in [6.45, 7) is 4.59. The number of para-hydroxylation sites is 1. The van der Waals surface area contributed by atoms with Crippen molar-refractivity contribution in [2.24, 2.45) is 0 Å². The maximum atomic E-state index is 12.9. The monoisotopic (exact) mass is 362 g/mol. The van der Waals surface area contributed by atoms with Gasteiger partial charge in [-0.25, -0.2) is 4.98 Å². The molecule has 0 saturated carbocycles. The van der Waals surface area contributed by atoms with Gasteiger partial charge < -0.3 is 14.8 Å². The molecule has 1 saturated heterocycles. The number of rotatable bonds is 4. The van der Waals surface area contributed by atoms with Crippen LogP contribution in [0.2, 0.25) is 0 Å². The molecular formula is C21H22N4O2. The lowest BCUT2D eigenvalue weighted by Gasteiger charge is -2.18. The van der Waals surface area contributed by atoms with Gasteiger partial charge in [-0.3, -0.25) is 9.59 Å². The van der Waals surface area contributed by atoms with E-state index in [2.05, 4.69) is 10.2 Å². The zero-order valence-electron chi connectivity index (χ0n) is 15.3. The highest BCUT2D eigenvalue weighted by Gasteiger charge is 2.19. The van der Waals surface area contributed by atoms with Gasteiger partial charge in [-0.05, 0) is 44.0 Å². The minimum atomic E-state index is -0.404. The molecule has 27 heavy (non-hydrogen) atoms. The Morgan fingerprint density at radius 2 is 1.85 bits per heavy atom. The molecule has 0 aliphatic carbocycles. The number of carbonyl (C=O) groups is 1. The lowest BCUT2D eigenvalue weighted by Crippen LogP contribution is -2.25. The molecule has 1 aliphatic heterocycles. The van der Waals surface area contributed by atoms with Gasteiger partial charge in [0, 0.05) is 31.5 Å². The molecule has 4 rings (SSSR count). The van der Waals surface area contributed by atoms with Crippen molar-refractivity contribution in [2.75, 3.05) is 23.3 Å². The first-order chi connectivity index (χ1) is 13.2. The summed E-state index contributed by atoms with van der Waals surface area (Å²) in [6.07, 6.45) is 3.95. The van der Waals surface area contributed by atoms with Crippen LogP contribution >= 0.6 is 0 Å². The average molecular weight is 362 g/mol. The predicted molar refractivity (Wildman–Crippen MR) is 108 cm³/mol. The van der Waals surface area contributed by atoms with E-state index >= 15 is 0 Å². The number of aromatic nitrogens is 2. The van der Waals surface area contributed by atoms with Gasteiger partial charge in [0.1, 0.15) is 17.0 Å². The van der Waals surface area contributed by atoms with Gasteiger partial charge in [0.15, 0.2) is 0 Å². The van der Waals surface area contributed by atoms with Crippen molar-refractivity contribution >= 4 is 28.4 Å². The number of aryl methyl sites for hydroxylation is 1. The molecule has 0 atom stereocenters. The number of anilines is 2. The predicted octanol–water partition coefficient (Wildman–Crippen LogP) is 3.27. The highest BCUT2D eigenvalue weighted by Crippen LogP contribution is 2.21. The minimum absolute atomic E-state index is 0.129. The second kappa shape index (κ2) is 7.23. The van der Waals surface area contributed by atoms with Crippen LogP contribution in [0.1, 0.15) is 30.1 Å². The molecule has 2 aromatic heterocycles. The van der Waals surface area contributed by atoms with Gasteiger partial charge in [-0.15, -0.1) is 0 Å². The molecule has 1 fully saturated rings. The number of pyridine rings is 2. The van der Waals surface area contributed by atoms with Crippen LogP contribution < -0.4 is 15.6 Å². The smallest absolute Gasteiger partial charge is 0.261 e. The lowest BCUT2D eigenvalue weighted by molar-refractivity contribution is 0.102. The highest BCUT2D eigenvalue weighted by molar-refractivity contribution is 6.05. The van der Waals surface area contributed by atoms with Crippen LogP contribution in [-0.2, 0) is 6.54 Å².